The molecule has 0 bridgehead atoms. The molecule has 0 heterocycles. The van der Waals surface area contributed by atoms with E-state index >= 15 is 0 Å². The predicted molar refractivity (Wildman–Crippen MR) is 84.0 cm³/mol. The van der Waals surface area contributed by atoms with Crippen LogP contribution in [0.2, 0.25) is 0 Å². The van der Waals surface area contributed by atoms with Gasteiger partial charge in [-0.3, -0.25) is 4.72 Å². The van der Waals surface area contributed by atoms with Gasteiger partial charge in [0.2, 0.25) is 0 Å². The van der Waals surface area contributed by atoms with Crippen molar-refractivity contribution in [2.45, 2.75) is 39.8 Å². The van der Waals surface area contributed by atoms with E-state index in [1.165, 1.54) is 4.31 Å². The van der Waals surface area contributed by atoms with E-state index in [0.29, 0.717) is 5.69 Å². The van der Waals surface area contributed by atoms with Crippen molar-refractivity contribution in [3.63, 3.8) is 0 Å². The highest BCUT2D eigenvalue weighted by molar-refractivity contribution is 7.90. The van der Waals surface area contributed by atoms with E-state index in [4.69, 9.17) is 0 Å². The highest BCUT2D eigenvalue weighted by Gasteiger charge is 2.20. The number of nitrogens with one attached hydrogen (secondary N) is 2. The van der Waals surface area contributed by atoms with Crippen molar-refractivity contribution >= 4 is 15.9 Å². The first kappa shape index (κ1) is 16.9. The van der Waals surface area contributed by atoms with E-state index in [2.05, 4.69) is 17.0 Å². The lowest BCUT2D eigenvalue weighted by Crippen LogP contribution is -2.37. The van der Waals surface area contributed by atoms with Gasteiger partial charge in [0, 0.05) is 19.1 Å². The molecule has 2 N–H and O–H groups in total. The molecule has 20 heavy (non-hydrogen) atoms. The molecule has 0 saturated carbocycles. The minimum absolute atomic E-state index is 0.0867. The lowest BCUT2D eigenvalue weighted by atomic mass is 10.1. The molecule has 0 spiro atoms. The first-order chi connectivity index (χ1) is 9.27. The SMILES string of the molecule is CCNC(C)c1cccc(NS(=O)(=O)N(C)C(C)C)c1. The van der Waals surface area contributed by atoms with E-state index in [-0.39, 0.29) is 12.1 Å². The Hall–Kier alpha value is -1.11. The predicted octanol–water partition coefficient (Wildman–Crippen LogP) is 2.35. The van der Waals surface area contributed by atoms with Crippen molar-refractivity contribution in [1.29, 1.82) is 0 Å². The lowest BCUT2D eigenvalue weighted by molar-refractivity contribution is 0.414. The smallest absolute Gasteiger partial charge is 0.301 e. The summed E-state index contributed by atoms with van der Waals surface area (Å²) in [6.07, 6.45) is 0. The van der Waals surface area contributed by atoms with Crippen LogP contribution in [0.5, 0.6) is 0 Å². The minimum atomic E-state index is -3.50. The van der Waals surface area contributed by atoms with Gasteiger partial charge in [-0.05, 0) is 45.0 Å². The summed E-state index contributed by atoms with van der Waals surface area (Å²) in [4.78, 5) is 0. The molecule has 6 heteroatoms. The highest BCUT2D eigenvalue weighted by Crippen LogP contribution is 2.19. The summed E-state index contributed by atoms with van der Waals surface area (Å²) in [6.45, 7) is 8.64. The molecule has 1 aromatic rings. The number of hydrogen-bond donors (Lipinski definition) is 2. The van der Waals surface area contributed by atoms with Gasteiger partial charge < -0.3 is 5.32 Å². The second kappa shape index (κ2) is 7.06. The molecule has 0 saturated heterocycles. The summed E-state index contributed by atoms with van der Waals surface area (Å²) in [5, 5.41) is 3.31. The number of anilines is 1. The third kappa shape index (κ3) is 4.47. The Morgan fingerprint density at radius 2 is 1.90 bits per heavy atom. The molecule has 1 unspecified atom stereocenters. The van der Waals surface area contributed by atoms with Gasteiger partial charge in [-0.2, -0.15) is 12.7 Å². The Morgan fingerprint density at radius 3 is 2.45 bits per heavy atom. The van der Waals surface area contributed by atoms with Gasteiger partial charge >= 0.3 is 10.2 Å². The monoisotopic (exact) mass is 299 g/mol. The molecule has 0 aliphatic rings. The van der Waals surface area contributed by atoms with Crippen molar-refractivity contribution < 1.29 is 8.42 Å². The minimum Gasteiger partial charge on any atom is -0.310 e. The van der Waals surface area contributed by atoms with Crippen LogP contribution in [0.1, 0.15) is 39.3 Å². The van der Waals surface area contributed by atoms with Crippen LogP contribution in [0, 0.1) is 0 Å². The average Bonchev–Trinajstić information content (AvgIpc) is 2.37. The van der Waals surface area contributed by atoms with E-state index in [1.807, 2.05) is 39.0 Å². The normalized spacial score (nSPS) is 13.8. The molecule has 0 aliphatic carbocycles. The van der Waals surface area contributed by atoms with Gasteiger partial charge in [0.15, 0.2) is 0 Å². The number of benzene rings is 1. The van der Waals surface area contributed by atoms with E-state index in [0.717, 1.165) is 12.1 Å². The molecule has 0 aliphatic heterocycles. The van der Waals surface area contributed by atoms with Crippen LogP contribution in [0.4, 0.5) is 5.69 Å². The molecule has 0 amide bonds. The van der Waals surface area contributed by atoms with Crippen molar-refractivity contribution in [2.75, 3.05) is 18.3 Å². The van der Waals surface area contributed by atoms with Crippen LogP contribution in [0.15, 0.2) is 24.3 Å². The molecule has 0 radical (unpaired) electrons. The van der Waals surface area contributed by atoms with Crippen molar-refractivity contribution in [2.24, 2.45) is 0 Å². The standard InChI is InChI=1S/C14H25N3O2S/c1-6-15-12(4)13-8-7-9-14(10-13)16-20(18,19)17(5)11(2)3/h7-12,15-16H,6H2,1-5H3. The van der Waals surface area contributed by atoms with Gasteiger partial charge in [0.1, 0.15) is 0 Å². The second-order valence-corrected chi connectivity index (χ2v) is 6.85. The maximum Gasteiger partial charge on any atom is 0.301 e. The van der Waals surface area contributed by atoms with Gasteiger partial charge in [-0.1, -0.05) is 19.1 Å². The Morgan fingerprint density at radius 1 is 1.25 bits per heavy atom. The maximum absolute atomic E-state index is 12.1. The molecule has 5 nitrogen and oxygen atoms in total. The summed E-state index contributed by atoms with van der Waals surface area (Å²) < 4.78 is 28.2. The zero-order valence-corrected chi connectivity index (χ0v) is 13.7. The number of rotatable bonds is 7. The molecule has 1 rings (SSSR count). The molecular formula is C14H25N3O2S. The zero-order valence-electron chi connectivity index (χ0n) is 12.8. The Kier molecular flexibility index (Phi) is 5.98. The quantitative estimate of drug-likeness (QED) is 0.812. The summed E-state index contributed by atoms with van der Waals surface area (Å²) in [5.41, 5.74) is 1.64. The lowest BCUT2D eigenvalue weighted by Gasteiger charge is -2.22. The van der Waals surface area contributed by atoms with Crippen LogP contribution in [-0.2, 0) is 10.2 Å². The largest absolute Gasteiger partial charge is 0.310 e. The summed E-state index contributed by atoms with van der Waals surface area (Å²) >= 11 is 0. The number of nitrogens with zero attached hydrogens (tertiary/aromatic N) is 1. The van der Waals surface area contributed by atoms with Gasteiger partial charge in [-0.15, -0.1) is 0 Å². The fourth-order valence-corrected chi connectivity index (χ4v) is 2.92. The van der Waals surface area contributed by atoms with E-state index in [9.17, 15) is 8.42 Å². The van der Waals surface area contributed by atoms with Gasteiger partial charge in [-0.25, -0.2) is 0 Å². The van der Waals surface area contributed by atoms with Gasteiger partial charge in [0.25, 0.3) is 0 Å². The number of hydrogen-bond acceptors (Lipinski definition) is 3. The Balaban J connectivity index is 2.91. The fraction of sp³-hybridized carbons (Fsp3) is 0.571. The maximum atomic E-state index is 12.1. The summed E-state index contributed by atoms with van der Waals surface area (Å²) in [5.74, 6) is 0. The second-order valence-electron chi connectivity index (χ2n) is 5.12. The van der Waals surface area contributed by atoms with Crippen LogP contribution in [0.3, 0.4) is 0 Å². The highest BCUT2D eigenvalue weighted by atomic mass is 32.2. The first-order valence-electron chi connectivity index (χ1n) is 6.87. The van der Waals surface area contributed by atoms with Crippen molar-refractivity contribution in [1.82, 2.24) is 9.62 Å². The summed E-state index contributed by atoms with van der Waals surface area (Å²) in [6, 6.07) is 7.56. The molecule has 0 fully saturated rings. The Bertz CT molecular complexity index is 529. The van der Waals surface area contributed by atoms with Gasteiger partial charge in [0.05, 0.1) is 5.69 Å². The molecule has 1 aromatic carbocycles. The molecular weight excluding hydrogens is 274 g/mol. The first-order valence-corrected chi connectivity index (χ1v) is 8.31. The molecule has 114 valence electrons. The van der Waals surface area contributed by atoms with E-state index < -0.39 is 10.2 Å². The zero-order chi connectivity index (χ0) is 15.3. The van der Waals surface area contributed by atoms with Crippen LogP contribution < -0.4 is 10.0 Å². The third-order valence-electron chi connectivity index (χ3n) is 3.25. The average molecular weight is 299 g/mol. The fourth-order valence-electron chi connectivity index (χ4n) is 1.79. The molecule has 1 atom stereocenters. The van der Waals surface area contributed by atoms with Crippen molar-refractivity contribution in [3.05, 3.63) is 29.8 Å². The van der Waals surface area contributed by atoms with Crippen molar-refractivity contribution in [3.8, 4) is 0 Å². The van der Waals surface area contributed by atoms with Crippen LogP contribution >= 0.6 is 0 Å². The topological polar surface area (TPSA) is 61.4 Å². The van der Waals surface area contributed by atoms with Crippen LogP contribution in [-0.4, -0.2) is 32.4 Å². The third-order valence-corrected chi connectivity index (χ3v) is 4.92. The molecule has 0 aromatic heterocycles. The van der Waals surface area contributed by atoms with Crippen LogP contribution in [0.25, 0.3) is 0 Å². The Labute approximate surface area is 122 Å². The summed E-state index contributed by atoms with van der Waals surface area (Å²) in [7, 11) is -1.94. The van der Waals surface area contributed by atoms with E-state index in [1.54, 1.807) is 13.1 Å².